The summed E-state index contributed by atoms with van der Waals surface area (Å²) in [4.78, 5) is 17.7. The van der Waals surface area contributed by atoms with Crippen molar-refractivity contribution in [3.63, 3.8) is 0 Å². The minimum atomic E-state index is 0.263. The summed E-state index contributed by atoms with van der Waals surface area (Å²) >= 11 is 0. The van der Waals surface area contributed by atoms with Crippen LogP contribution < -0.4 is 4.90 Å². The number of aromatic nitrogens is 4. The molecule has 4 aromatic rings. The first-order valence-corrected chi connectivity index (χ1v) is 12.2. The Hall–Kier alpha value is -3.88. The standard InChI is InChI=1S/C27H30N8/c1-18(2)24-25(21-17-33(3)27-20(21)5-4-12-30-27)31-22-6-7-23(32-26(22)24)35-13-8-19(9-14-35)34(15-10-28)16-11-29/h4-7,12,17-19,31H,8-9,13-16H2,1-3H3. The minimum absolute atomic E-state index is 0.263. The Labute approximate surface area is 205 Å². The third kappa shape index (κ3) is 4.11. The van der Waals surface area contributed by atoms with E-state index in [1.54, 1.807) is 0 Å². The molecule has 5 rings (SSSR count). The van der Waals surface area contributed by atoms with Crippen molar-refractivity contribution >= 4 is 27.9 Å². The fourth-order valence-corrected chi connectivity index (χ4v) is 5.39. The lowest BCUT2D eigenvalue weighted by atomic mass is 9.98. The summed E-state index contributed by atoms with van der Waals surface area (Å²) < 4.78 is 2.07. The van der Waals surface area contributed by atoms with E-state index in [9.17, 15) is 0 Å². The molecule has 0 amide bonds. The molecule has 8 heteroatoms. The van der Waals surface area contributed by atoms with Gasteiger partial charge in [0.2, 0.25) is 0 Å². The van der Waals surface area contributed by atoms with Crippen LogP contribution in [0.3, 0.4) is 0 Å². The van der Waals surface area contributed by atoms with Crippen molar-refractivity contribution in [1.82, 2.24) is 24.4 Å². The van der Waals surface area contributed by atoms with E-state index in [1.807, 2.05) is 24.2 Å². The number of nitriles is 2. The molecule has 8 nitrogen and oxygen atoms in total. The van der Waals surface area contributed by atoms with Crippen LogP contribution in [0.1, 0.15) is 38.2 Å². The molecule has 0 spiro atoms. The van der Waals surface area contributed by atoms with E-state index < -0.39 is 0 Å². The highest BCUT2D eigenvalue weighted by Crippen LogP contribution is 2.39. The van der Waals surface area contributed by atoms with Crippen LogP contribution in [0.2, 0.25) is 0 Å². The number of rotatable bonds is 6. The van der Waals surface area contributed by atoms with Gasteiger partial charge in [-0.05, 0) is 43.0 Å². The van der Waals surface area contributed by atoms with Crippen molar-refractivity contribution in [1.29, 1.82) is 10.5 Å². The molecule has 1 N–H and O–H groups in total. The fraction of sp³-hybridized carbons (Fsp3) is 0.407. The highest BCUT2D eigenvalue weighted by atomic mass is 15.2. The second kappa shape index (κ2) is 9.40. The number of fused-ring (bicyclic) bond motifs is 2. The van der Waals surface area contributed by atoms with Crippen LogP contribution in [0.25, 0.3) is 33.3 Å². The SMILES string of the molecule is CC(C)c1c(-c2cn(C)c3ncccc23)[nH]c2ccc(N3CCC(N(CC#N)CC#N)CC3)nc12. The molecule has 0 unspecified atom stereocenters. The van der Waals surface area contributed by atoms with E-state index in [-0.39, 0.29) is 6.04 Å². The zero-order chi connectivity index (χ0) is 24.5. The number of nitrogens with one attached hydrogen (secondary N) is 1. The minimum Gasteiger partial charge on any atom is -0.356 e. The van der Waals surface area contributed by atoms with Crippen LogP contribution in [0.5, 0.6) is 0 Å². The monoisotopic (exact) mass is 466 g/mol. The lowest BCUT2D eigenvalue weighted by Crippen LogP contribution is -2.45. The third-order valence-corrected chi connectivity index (χ3v) is 7.10. The van der Waals surface area contributed by atoms with Gasteiger partial charge < -0.3 is 14.5 Å². The van der Waals surface area contributed by atoms with Gasteiger partial charge in [-0.2, -0.15) is 10.5 Å². The van der Waals surface area contributed by atoms with Gasteiger partial charge >= 0.3 is 0 Å². The average molecular weight is 467 g/mol. The van der Waals surface area contributed by atoms with Crippen LogP contribution in [0.15, 0.2) is 36.7 Å². The number of aromatic amines is 1. The topological polar surface area (TPSA) is 101 Å². The van der Waals surface area contributed by atoms with Gasteiger partial charge in [-0.15, -0.1) is 0 Å². The smallest absolute Gasteiger partial charge is 0.140 e. The quantitative estimate of drug-likeness (QED) is 0.418. The molecule has 1 aliphatic rings. The lowest BCUT2D eigenvalue weighted by Gasteiger charge is -2.37. The summed E-state index contributed by atoms with van der Waals surface area (Å²) in [5.74, 6) is 1.28. The molecular weight excluding hydrogens is 436 g/mol. The van der Waals surface area contributed by atoms with Crippen molar-refractivity contribution in [3.05, 3.63) is 42.2 Å². The molecular formula is C27H30N8. The normalized spacial score (nSPS) is 14.8. The lowest BCUT2D eigenvalue weighted by molar-refractivity contribution is 0.210. The van der Waals surface area contributed by atoms with Crippen molar-refractivity contribution in [2.45, 2.75) is 38.6 Å². The molecule has 5 heterocycles. The van der Waals surface area contributed by atoms with Gasteiger partial charge in [-0.3, -0.25) is 4.90 Å². The molecule has 1 saturated heterocycles. The number of H-pyrrole nitrogens is 1. The number of hydrogen-bond donors (Lipinski definition) is 1. The molecule has 0 saturated carbocycles. The summed E-state index contributed by atoms with van der Waals surface area (Å²) in [5.41, 5.74) is 6.51. The maximum atomic E-state index is 9.11. The van der Waals surface area contributed by atoms with Gasteiger partial charge in [-0.1, -0.05) is 13.8 Å². The predicted octanol–water partition coefficient (Wildman–Crippen LogP) is 4.56. The summed E-state index contributed by atoms with van der Waals surface area (Å²) in [7, 11) is 2.03. The molecule has 1 fully saturated rings. The largest absolute Gasteiger partial charge is 0.356 e. The second-order valence-corrected chi connectivity index (χ2v) is 9.60. The van der Waals surface area contributed by atoms with Gasteiger partial charge in [0.25, 0.3) is 0 Å². The maximum Gasteiger partial charge on any atom is 0.140 e. The summed E-state index contributed by atoms with van der Waals surface area (Å²) in [6, 6.07) is 13.0. The molecule has 0 bridgehead atoms. The van der Waals surface area contributed by atoms with E-state index in [0.29, 0.717) is 19.0 Å². The fourth-order valence-electron chi connectivity index (χ4n) is 5.39. The van der Waals surface area contributed by atoms with Crippen LogP contribution in [-0.4, -0.2) is 56.6 Å². The first kappa shape index (κ1) is 22.9. The van der Waals surface area contributed by atoms with Crippen LogP contribution in [0, 0.1) is 22.7 Å². The highest BCUT2D eigenvalue weighted by Gasteiger charge is 2.26. The first-order chi connectivity index (χ1) is 17.0. The number of piperidine rings is 1. The van der Waals surface area contributed by atoms with Gasteiger partial charge in [0, 0.05) is 55.1 Å². The first-order valence-electron chi connectivity index (χ1n) is 12.2. The van der Waals surface area contributed by atoms with Crippen molar-refractivity contribution < 1.29 is 0 Å². The van der Waals surface area contributed by atoms with Gasteiger partial charge in [-0.25, -0.2) is 9.97 Å². The number of hydrogen-bond acceptors (Lipinski definition) is 6. The second-order valence-electron chi connectivity index (χ2n) is 9.60. The summed E-state index contributed by atoms with van der Waals surface area (Å²) in [6.45, 7) is 6.76. The molecule has 0 radical (unpaired) electrons. The molecule has 178 valence electrons. The Balaban J connectivity index is 1.48. The highest BCUT2D eigenvalue weighted by molar-refractivity contribution is 5.98. The van der Waals surface area contributed by atoms with Crippen LogP contribution >= 0.6 is 0 Å². The average Bonchev–Trinajstić information content (AvgIpc) is 3.41. The van der Waals surface area contributed by atoms with Gasteiger partial charge in [0.15, 0.2) is 0 Å². The zero-order valence-corrected chi connectivity index (χ0v) is 20.5. The Morgan fingerprint density at radius 1 is 1.14 bits per heavy atom. The van der Waals surface area contributed by atoms with Crippen molar-refractivity contribution in [2.75, 3.05) is 31.1 Å². The Morgan fingerprint density at radius 2 is 1.89 bits per heavy atom. The van der Waals surface area contributed by atoms with E-state index in [2.05, 4.69) is 69.8 Å². The maximum absolute atomic E-state index is 9.11. The molecule has 1 aliphatic heterocycles. The number of pyridine rings is 2. The number of aryl methyl sites for hydroxylation is 1. The van der Waals surface area contributed by atoms with Gasteiger partial charge in [0.05, 0.1) is 42.0 Å². The Bertz CT molecular complexity index is 1420. The third-order valence-electron chi connectivity index (χ3n) is 7.10. The zero-order valence-electron chi connectivity index (χ0n) is 20.5. The Morgan fingerprint density at radius 3 is 2.57 bits per heavy atom. The molecule has 0 atom stereocenters. The number of nitrogens with zero attached hydrogens (tertiary/aromatic N) is 7. The predicted molar refractivity (Wildman–Crippen MR) is 138 cm³/mol. The van der Waals surface area contributed by atoms with E-state index in [4.69, 9.17) is 15.5 Å². The van der Waals surface area contributed by atoms with E-state index in [1.165, 1.54) is 5.56 Å². The van der Waals surface area contributed by atoms with Crippen molar-refractivity contribution in [3.8, 4) is 23.4 Å². The van der Waals surface area contributed by atoms with Crippen molar-refractivity contribution in [2.24, 2.45) is 7.05 Å². The Kier molecular flexibility index (Phi) is 6.15. The van der Waals surface area contributed by atoms with E-state index in [0.717, 1.165) is 65.1 Å². The van der Waals surface area contributed by atoms with Crippen LogP contribution in [-0.2, 0) is 7.05 Å². The number of anilines is 1. The molecule has 0 aromatic carbocycles. The molecule has 4 aromatic heterocycles. The van der Waals surface area contributed by atoms with Gasteiger partial charge in [0.1, 0.15) is 11.5 Å². The molecule has 0 aliphatic carbocycles. The van der Waals surface area contributed by atoms with Crippen LogP contribution in [0.4, 0.5) is 5.82 Å². The summed E-state index contributed by atoms with van der Waals surface area (Å²) in [5, 5.41) is 19.3. The summed E-state index contributed by atoms with van der Waals surface area (Å²) in [6.07, 6.45) is 5.81. The van der Waals surface area contributed by atoms with E-state index >= 15 is 0 Å². The molecule has 35 heavy (non-hydrogen) atoms.